The Morgan fingerprint density at radius 1 is 1.40 bits per heavy atom. The summed E-state index contributed by atoms with van der Waals surface area (Å²) in [7, 11) is 2.61. The first kappa shape index (κ1) is 12.0. The van der Waals surface area contributed by atoms with Gasteiger partial charge in [0.1, 0.15) is 0 Å². The fourth-order valence-corrected chi connectivity index (χ4v) is 1.29. The minimum atomic E-state index is -2.65. The third kappa shape index (κ3) is 2.47. The average Bonchev–Trinajstić information content (AvgIpc) is 2.26. The number of nitrogens with zero attached hydrogens (tertiary/aromatic N) is 1. The van der Waals surface area contributed by atoms with E-state index in [1.807, 2.05) is 0 Å². The third-order valence-corrected chi connectivity index (χ3v) is 2.07. The highest BCUT2D eigenvalue weighted by Crippen LogP contribution is 2.36. The maximum Gasteiger partial charge on any atom is 0.267 e. The lowest BCUT2D eigenvalue weighted by Crippen LogP contribution is -2.01. The van der Waals surface area contributed by atoms with Crippen molar-refractivity contribution in [1.82, 2.24) is 4.98 Å². The number of hydrogen-bond acceptors (Lipinski definition) is 3. The van der Waals surface area contributed by atoms with E-state index in [2.05, 4.69) is 4.98 Å². The topological polar surface area (TPSA) is 31.4 Å². The van der Waals surface area contributed by atoms with Gasteiger partial charge in [0.05, 0.1) is 31.4 Å². The second-order valence-corrected chi connectivity index (χ2v) is 2.95. The average molecular weight is 238 g/mol. The monoisotopic (exact) mass is 237 g/mol. The van der Waals surface area contributed by atoms with Gasteiger partial charge in [0.25, 0.3) is 12.3 Å². The van der Waals surface area contributed by atoms with Gasteiger partial charge in [-0.15, -0.1) is 11.6 Å². The molecule has 0 bridgehead atoms. The molecule has 0 aromatic carbocycles. The van der Waals surface area contributed by atoms with Crippen molar-refractivity contribution in [3.05, 3.63) is 17.3 Å². The van der Waals surface area contributed by atoms with Crippen LogP contribution in [0.5, 0.6) is 11.6 Å². The van der Waals surface area contributed by atoms with E-state index in [1.165, 1.54) is 20.3 Å². The van der Waals surface area contributed by atoms with E-state index in [9.17, 15) is 8.78 Å². The molecule has 3 nitrogen and oxygen atoms in total. The van der Waals surface area contributed by atoms with Crippen LogP contribution in [0.15, 0.2) is 6.07 Å². The second kappa shape index (κ2) is 5.11. The summed E-state index contributed by atoms with van der Waals surface area (Å²) in [6, 6.07) is 1.21. The molecule has 0 aliphatic carbocycles. The van der Waals surface area contributed by atoms with Crippen molar-refractivity contribution in [2.75, 3.05) is 14.2 Å². The Balaban J connectivity index is 3.32. The lowest BCUT2D eigenvalue weighted by molar-refractivity contribution is 0.145. The molecule has 0 spiro atoms. The highest BCUT2D eigenvalue weighted by atomic mass is 35.5. The Hall–Kier alpha value is -1.10. The van der Waals surface area contributed by atoms with E-state index >= 15 is 0 Å². The van der Waals surface area contributed by atoms with Gasteiger partial charge in [0, 0.05) is 0 Å². The number of alkyl halides is 3. The maximum absolute atomic E-state index is 12.6. The van der Waals surface area contributed by atoms with Crippen LogP contribution in [0.3, 0.4) is 0 Å². The van der Waals surface area contributed by atoms with Gasteiger partial charge in [-0.3, -0.25) is 0 Å². The van der Waals surface area contributed by atoms with E-state index in [4.69, 9.17) is 21.1 Å². The van der Waals surface area contributed by atoms with Crippen molar-refractivity contribution in [3.8, 4) is 11.6 Å². The highest BCUT2D eigenvalue weighted by Gasteiger charge is 2.20. The second-order valence-electron chi connectivity index (χ2n) is 2.68. The number of halogens is 3. The Morgan fingerprint density at radius 3 is 2.47 bits per heavy atom. The van der Waals surface area contributed by atoms with Crippen LogP contribution in [0.4, 0.5) is 8.78 Å². The predicted octanol–water partition coefficient (Wildman–Crippen LogP) is 2.78. The molecule has 0 fully saturated rings. The van der Waals surface area contributed by atoms with E-state index in [0.29, 0.717) is 5.69 Å². The normalized spacial score (nSPS) is 10.5. The van der Waals surface area contributed by atoms with Crippen molar-refractivity contribution in [3.63, 3.8) is 0 Å². The highest BCUT2D eigenvalue weighted by molar-refractivity contribution is 6.16. The Morgan fingerprint density at radius 2 is 2.07 bits per heavy atom. The summed E-state index contributed by atoms with van der Waals surface area (Å²) in [6.45, 7) is 0. The smallest absolute Gasteiger partial charge is 0.267 e. The molecule has 1 rings (SSSR count). The van der Waals surface area contributed by atoms with Crippen LogP contribution < -0.4 is 9.47 Å². The largest absolute Gasteiger partial charge is 0.491 e. The number of rotatable bonds is 4. The standard InChI is InChI=1S/C9H10ClF2NO2/c1-14-7-6(8(11)12)3-5(4-10)13-9(7)15-2/h3,8H,4H2,1-2H3. The summed E-state index contributed by atoms with van der Waals surface area (Å²) in [5, 5.41) is 0. The molecule has 0 amide bonds. The summed E-state index contributed by atoms with van der Waals surface area (Å²) >= 11 is 5.52. The van der Waals surface area contributed by atoms with Crippen LogP contribution in [0.25, 0.3) is 0 Å². The first-order chi connectivity index (χ1) is 7.13. The minimum Gasteiger partial charge on any atom is -0.491 e. The van der Waals surface area contributed by atoms with Crippen LogP contribution in [0.1, 0.15) is 17.7 Å². The van der Waals surface area contributed by atoms with Crippen molar-refractivity contribution in [1.29, 1.82) is 0 Å². The quantitative estimate of drug-likeness (QED) is 0.755. The third-order valence-electron chi connectivity index (χ3n) is 1.79. The van der Waals surface area contributed by atoms with Crippen molar-refractivity contribution in [2.45, 2.75) is 12.3 Å². The molecule has 6 heteroatoms. The summed E-state index contributed by atoms with van der Waals surface area (Å²) in [6.07, 6.45) is -2.65. The van der Waals surface area contributed by atoms with Crippen LogP contribution in [-0.2, 0) is 5.88 Å². The molecule has 1 aromatic rings. The van der Waals surface area contributed by atoms with E-state index in [-0.39, 0.29) is 23.1 Å². The minimum absolute atomic E-state index is 0.0194. The van der Waals surface area contributed by atoms with Crippen molar-refractivity contribution < 1.29 is 18.3 Å². The first-order valence-electron chi connectivity index (χ1n) is 4.10. The molecular weight excluding hydrogens is 228 g/mol. The number of ether oxygens (including phenoxy) is 2. The van der Waals surface area contributed by atoms with Gasteiger partial charge in [-0.2, -0.15) is 0 Å². The lowest BCUT2D eigenvalue weighted by Gasteiger charge is -2.12. The van der Waals surface area contributed by atoms with E-state index < -0.39 is 6.43 Å². The number of pyridine rings is 1. The van der Waals surface area contributed by atoms with Crippen LogP contribution in [0.2, 0.25) is 0 Å². The molecule has 0 saturated carbocycles. The van der Waals surface area contributed by atoms with Crippen molar-refractivity contribution in [2.24, 2.45) is 0 Å². The van der Waals surface area contributed by atoms with Crippen LogP contribution >= 0.6 is 11.6 Å². The molecule has 84 valence electrons. The molecule has 0 N–H and O–H groups in total. The Kier molecular flexibility index (Phi) is 4.08. The van der Waals surface area contributed by atoms with Gasteiger partial charge in [0.15, 0.2) is 5.75 Å². The molecule has 1 heterocycles. The van der Waals surface area contributed by atoms with Crippen LogP contribution in [0, 0.1) is 0 Å². The molecule has 1 aromatic heterocycles. The SMILES string of the molecule is COc1nc(CCl)cc(C(F)F)c1OC. The Bertz CT molecular complexity index is 347. The van der Waals surface area contributed by atoms with Gasteiger partial charge < -0.3 is 9.47 Å². The number of aromatic nitrogens is 1. The zero-order valence-corrected chi connectivity index (χ0v) is 9.02. The molecule has 0 atom stereocenters. The fourth-order valence-electron chi connectivity index (χ4n) is 1.16. The molecule has 0 aliphatic rings. The predicted molar refractivity (Wildman–Crippen MR) is 51.9 cm³/mol. The van der Waals surface area contributed by atoms with Gasteiger partial charge >= 0.3 is 0 Å². The summed E-state index contributed by atoms with van der Waals surface area (Å²) in [5.41, 5.74) is 0.0598. The van der Waals surface area contributed by atoms with Crippen LogP contribution in [-0.4, -0.2) is 19.2 Å². The number of methoxy groups -OCH3 is 2. The van der Waals surface area contributed by atoms with Gasteiger partial charge in [-0.25, -0.2) is 13.8 Å². The van der Waals surface area contributed by atoms with E-state index in [1.54, 1.807) is 0 Å². The lowest BCUT2D eigenvalue weighted by atomic mass is 10.2. The van der Waals surface area contributed by atoms with Gasteiger partial charge in [-0.1, -0.05) is 0 Å². The molecule has 0 aliphatic heterocycles. The summed E-state index contributed by atoms with van der Waals surface area (Å²) in [5.74, 6) is 0.00685. The molecule has 15 heavy (non-hydrogen) atoms. The molecular formula is C9H10ClF2NO2. The zero-order valence-electron chi connectivity index (χ0n) is 8.26. The Labute approximate surface area is 91.0 Å². The summed E-state index contributed by atoms with van der Waals surface area (Å²) in [4.78, 5) is 3.91. The van der Waals surface area contributed by atoms with E-state index in [0.717, 1.165) is 0 Å². The van der Waals surface area contributed by atoms with Gasteiger partial charge in [-0.05, 0) is 6.07 Å². The fraction of sp³-hybridized carbons (Fsp3) is 0.444. The summed E-state index contributed by atoms with van der Waals surface area (Å²) < 4.78 is 34.9. The molecule has 0 radical (unpaired) electrons. The number of hydrogen-bond donors (Lipinski definition) is 0. The zero-order chi connectivity index (χ0) is 11.4. The molecule has 0 saturated heterocycles. The van der Waals surface area contributed by atoms with Crippen molar-refractivity contribution >= 4 is 11.6 Å². The first-order valence-corrected chi connectivity index (χ1v) is 4.63. The molecule has 0 unspecified atom stereocenters. The van der Waals surface area contributed by atoms with Gasteiger partial charge in [0.2, 0.25) is 0 Å². The maximum atomic E-state index is 12.6.